The van der Waals surface area contributed by atoms with Gasteiger partial charge in [-0.2, -0.15) is 0 Å². The van der Waals surface area contributed by atoms with E-state index in [-0.39, 0.29) is 0 Å². The molecule has 1 saturated heterocycles. The lowest BCUT2D eigenvalue weighted by molar-refractivity contribution is 0.0186. The molecule has 7 nitrogen and oxygen atoms in total. The maximum Gasteiger partial charge on any atom is 0.191 e. The van der Waals surface area contributed by atoms with Crippen molar-refractivity contribution in [1.29, 1.82) is 0 Å². The Morgan fingerprint density at radius 3 is 2.90 bits per heavy atom. The highest BCUT2D eigenvalue weighted by Crippen LogP contribution is 2.26. The van der Waals surface area contributed by atoms with Crippen LogP contribution in [0.25, 0.3) is 5.65 Å². The van der Waals surface area contributed by atoms with E-state index in [0.717, 1.165) is 69.7 Å². The number of fused-ring (bicyclic) bond motifs is 1. The molecule has 8 heteroatoms. The maximum absolute atomic E-state index is 5.54. The Hall–Kier alpha value is -2.42. The Balaban J connectivity index is 1.37. The summed E-state index contributed by atoms with van der Waals surface area (Å²) in [5, 5.41) is 8.98. The second-order valence-corrected chi connectivity index (χ2v) is 8.25. The number of hydrogen-bond acceptors (Lipinski definition) is 5. The molecule has 0 radical (unpaired) electrons. The first-order valence-electron chi connectivity index (χ1n) is 10.6. The van der Waals surface area contributed by atoms with Crippen molar-refractivity contribution in [2.45, 2.75) is 19.4 Å². The maximum atomic E-state index is 5.54. The molecule has 0 aromatic carbocycles. The van der Waals surface area contributed by atoms with E-state index >= 15 is 0 Å². The molecule has 0 bridgehead atoms. The molecule has 4 heterocycles. The molecule has 4 rings (SSSR count). The van der Waals surface area contributed by atoms with Gasteiger partial charge in [0.1, 0.15) is 5.65 Å². The van der Waals surface area contributed by atoms with Crippen molar-refractivity contribution >= 4 is 22.9 Å². The van der Waals surface area contributed by atoms with E-state index in [1.807, 2.05) is 24.4 Å². The highest BCUT2D eigenvalue weighted by molar-refractivity contribution is 7.10. The zero-order valence-corrected chi connectivity index (χ0v) is 18.3. The summed E-state index contributed by atoms with van der Waals surface area (Å²) in [6.45, 7) is 7.94. The summed E-state index contributed by atoms with van der Waals surface area (Å²) in [5.74, 6) is 0.857. The Labute approximate surface area is 181 Å². The van der Waals surface area contributed by atoms with E-state index in [1.165, 1.54) is 4.88 Å². The first-order chi connectivity index (χ1) is 14.8. The molecule has 3 aromatic rings. The molecule has 1 atom stereocenters. The number of nitrogens with one attached hydrogen (secondary N) is 2. The Bertz CT molecular complexity index is 899. The summed E-state index contributed by atoms with van der Waals surface area (Å²) >= 11 is 1.80. The highest BCUT2D eigenvalue weighted by atomic mass is 32.1. The molecule has 160 valence electrons. The monoisotopic (exact) mass is 426 g/mol. The fraction of sp³-hybridized carbons (Fsp3) is 0.455. The lowest BCUT2D eigenvalue weighted by atomic mass is 10.2. The zero-order valence-electron chi connectivity index (χ0n) is 17.5. The van der Waals surface area contributed by atoms with Gasteiger partial charge in [0, 0.05) is 49.9 Å². The number of hydrogen-bond donors (Lipinski definition) is 2. The lowest BCUT2D eigenvalue weighted by Crippen LogP contribution is -2.42. The molecule has 1 aliphatic heterocycles. The van der Waals surface area contributed by atoms with E-state index in [0.29, 0.717) is 6.04 Å². The number of ether oxygens (including phenoxy) is 1. The average molecular weight is 427 g/mol. The molecule has 0 amide bonds. The van der Waals surface area contributed by atoms with Gasteiger partial charge >= 0.3 is 0 Å². The van der Waals surface area contributed by atoms with Gasteiger partial charge in [-0.3, -0.25) is 9.89 Å². The molecule has 30 heavy (non-hydrogen) atoms. The number of rotatable bonds is 8. The number of aromatic nitrogens is 2. The van der Waals surface area contributed by atoms with Crippen LogP contribution in [0.2, 0.25) is 0 Å². The predicted octanol–water partition coefficient (Wildman–Crippen LogP) is 2.57. The topological polar surface area (TPSA) is 66.2 Å². The smallest absolute Gasteiger partial charge is 0.191 e. The van der Waals surface area contributed by atoms with E-state index in [9.17, 15) is 0 Å². The second kappa shape index (κ2) is 10.6. The third-order valence-corrected chi connectivity index (χ3v) is 6.19. The van der Waals surface area contributed by atoms with Gasteiger partial charge in [-0.15, -0.1) is 11.3 Å². The summed E-state index contributed by atoms with van der Waals surface area (Å²) in [6, 6.07) is 10.7. The van der Waals surface area contributed by atoms with E-state index in [4.69, 9.17) is 9.73 Å². The number of pyridine rings is 1. The molecule has 2 N–H and O–H groups in total. The van der Waals surface area contributed by atoms with Gasteiger partial charge in [-0.1, -0.05) is 12.1 Å². The molecular formula is C22H30N6OS. The molecular weight excluding hydrogens is 396 g/mol. The summed E-state index contributed by atoms with van der Waals surface area (Å²) in [7, 11) is 0. The van der Waals surface area contributed by atoms with Gasteiger partial charge in [0.15, 0.2) is 5.96 Å². The van der Waals surface area contributed by atoms with Crippen LogP contribution in [0.3, 0.4) is 0 Å². The SMILES string of the molecule is CCNC(=NCC(c1cccs1)N1CCOCC1)NCCc1cn2ccccc2n1. The van der Waals surface area contributed by atoms with Gasteiger partial charge < -0.3 is 19.8 Å². The Morgan fingerprint density at radius 2 is 2.13 bits per heavy atom. The van der Waals surface area contributed by atoms with Crippen LogP contribution in [-0.2, 0) is 11.2 Å². The minimum absolute atomic E-state index is 0.294. The van der Waals surface area contributed by atoms with Crippen molar-refractivity contribution in [2.24, 2.45) is 4.99 Å². The van der Waals surface area contributed by atoms with Gasteiger partial charge in [-0.05, 0) is 30.5 Å². The molecule has 0 saturated carbocycles. The minimum atomic E-state index is 0.294. The first-order valence-corrected chi connectivity index (χ1v) is 11.5. The van der Waals surface area contributed by atoms with Crippen LogP contribution in [-0.4, -0.2) is 66.2 Å². The van der Waals surface area contributed by atoms with Crippen molar-refractivity contribution in [3.63, 3.8) is 0 Å². The number of aliphatic imine (C=N–C) groups is 1. The van der Waals surface area contributed by atoms with Crippen LogP contribution in [0.15, 0.2) is 53.1 Å². The molecule has 0 spiro atoms. The Kier molecular flexibility index (Phi) is 7.34. The van der Waals surface area contributed by atoms with E-state index in [2.05, 4.69) is 55.6 Å². The van der Waals surface area contributed by atoms with Crippen molar-refractivity contribution < 1.29 is 4.74 Å². The van der Waals surface area contributed by atoms with Crippen molar-refractivity contribution in [3.8, 4) is 0 Å². The summed E-state index contributed by atoms with van der Waals surface area (Å²) in [6.07, 6.45) is 4.97. The number of thiophene rings is 1. The van der Waals surface area contributed by atoms with E-state index in [1.54, 1.807) is 11.3 Å². The van der Waals surface area contributed by atoms with Crippen molar-refractivity contribution in [1.82, 2.24) is 24.9 Å². The summed E-state index contributed by atoms with van der Waals surface area (Å²) < 4.78 is 7.60. The van der Waals surface area contributed by atoms with Gasteiger partial charge in [0.25, 0.3) is 0 Å². The highest BCUT2D eigenvalue weighted by Gasteiger charge is 2.23. The Morgan fingerprint density at radius 1 is 1.23 bits per heavy atom. The lowest BCUT2D eigenvalue weighted by Gasteiger charge is -2.33. The molecule has 3 aromatic heterocycles. The van der Waals surface area contributed by atoms with Crippen LogP contribution >= 0.6 is 11.3 Å². The number of guanidine groups is 1. The zero-order chi connectivity index (χ0) is 20.6. The number of morpholine rings is 1. The third kappa shape index (κ3) is 5.38. The third-order valence-electron chi connectivity index (χ3n) is 5.21. The van der Waals surface area contributed by atoms with E-state index < -0.39 is 0 Å². The van der Waals surface area contributed by atoms with Crippen LogP contribution < -0.4 is 10.6 Å². The summed E-state index contributed by atoms with van der Waals surface area (Å²) in [4.78, 5) is 13.4. The van der Waals surface area contributed by atoms with Crippen LogP contribution in [0.1, 0.15) is 23.5 Å². The van der Waals surface area contributed by atoms with Crippen LogP contribution in [0, 0.1) is 0 Å². The largest absolute Gasteiger partial charge is 0.379 e. The number of imidazole rings is 1. The molecule has 0 aliphatic carbocycles. The van der Waals surface area contributed by atoms with Crippen LogP contribution in [0.5, 0.6) is 0 Å². The fourth-order valence-corrected chi connectivity index (χ4v) is 4.54. The molecule has 1 fully saturated rings. The normalized spacial score (nSPS) is 16.6. The minimum Gasteiger partial charge on any atom is -0.379 e. The number of nitrogens with zero attached hydrogens (tertiary/aromatic N) is 4. The fourth-order valence-electron chi connectivity index (χ4n) is 3.69. The van der Waals surface area contributed by atoms with Crippen LogP contribution in [0.4, 0.5) is 0 Å². The standard InChI is InChI=1S/C22H30N6OS/c1-2-23-22(24-9-8-18-17-28-10-4-3-7-21(28)26-18)25-16-19(20-6-5-15-30-20)27-11-13-29-14-12-27/h3-7,10,15,17,19H,2,8-9,11-14,16H2,1H3,(H2,23,24,25). The second-order valence-electron chi connectivity index (χ2n) is 7.27. The average Bonchev–Trinajstić information content (AvgIpc) is 3.44. The summed E-state index contributed by atoms with van der Waals surface area (Å²) in [5.41, 5.74) is 2.06. The van der Waals surface area contributed by atoms with Gasteiger partial charge in [0.2, 0.25) is 0 Å². The molecule has 1 unspecified atom stereocenters. The predicted molar refractivity (Wildman–Crippen MR) is 122 cm³/mol. The van der Waals surface area contributed by atoms with Crippen molar-refractivity contribution in [3.05, 3.63) is 58.7 Å². The van der Waals surface area contributed by atoms with Gasteiger partial charge in [-0.25, -0.2) is 4.98 Å². The quantitative estimate of drug-likeness (QED) is 0.428. The van der Waals surface area contributed by atoms with Gasteiger partial charge in [0.05, 0.1) is 31.5 Å². The first kappa shape index (κ1) is 20.8. The molecule has 1 aliphatic rings. The van der Waals surface area contributed by atoms with Crippen molar-refractivity contribution in [2.75, 3.05) is 45.9 Å².